The summed E-state index contributed by atoms with van der Waals surface area (Å²) in [4.78, 5) is -0.136. The first-order valence-corrected chi connectivity index (χ1v) is 7.64. The topological polar surface area (TPSA) is 0 Å². The number of aryl methyl sites for hydroxylation is 1. The Bertz CT molecular complexity index is 624. The number of rotatable bonds is 3. The van der Waals surface area contributed by atoms with Gasteiger partial charge in [0.15, 0.2) is 0 Å². The second-order valence-electron chi connectivity index (χ2n) is 5.44. The maximum absolute atomic E-state index is 14.0. The molecule has 0 aromatic heterocycles. The number of halogens is 3. The predicted octanol–water partition coefficient (Wildman–Crippen LogP) is 5.51. The van der Waals surface area contributed by atoms with Gasteiger partial charge in [-0.15, -0.1) is 0 Å². The van der Waals surface area contributed by atoms with Crippen molar-refractivity contribution in [2.24, 2.45) is 5.92 Å². The molecule has 104 valence electrons. The van der Waals surface area contributed by atoms with Crippen LogP contribution >= 0.6 is 15.9 Å². The Morgan fingerprint density at radius 3 is 2.50 bits per heavy atom. The molecule has 3 atom stereocenters. The van der Waals surface area contributed by atoms with E-state index in [9.17, 15) is 8.78 Å². The largest absolute Gasteiger partial charge is 0.207 e. The zero-order valence-corrected chi connectivity index (χ0v) is 12.7. The van der Waals surface area contributed by atoms with E-state index in [1.165, 1.54) is 17.7 Å². The summed E-state index contributed by atoms with van der Waals surface area (Å²) in [6.45, 7) is 1.58. The Hall–Kier alpha value is -1.22. The van der Waals surface area contributed by atoms with Crippen molar-refractivity contribution in [3.05, 3.63) is 70.8 Å². The zero-order valence-electron chi connectivity index (χ0n) is 11.1. The van der Waals surface area contributed by atoms with E-state index < -0.39 is 0 Å². The molecule has 0 saturated heterocycles. The molecule has 0 amide bonds. The Morgan fingerprint density at radius 1 is 1.10 bits per heavy atom. The Morgan fingerprint density at radius 2 is 1.80 bits per heavy atom. The number of benzene rings is 2. The van der Waals surface area contributed by atoms with Gasteiger partial charge in [-0.3, -0.25) is 0 Å². The molecule has 3 heteroatoms. The molecule has 1 aliphatic carbocycles. The van der Waals surface area contributed by atoms with Crippen LogP contribution in [-0.2, 0) is 0 Å². The standard InChI is InChI=1S/C17H15BrF2/c1-10-7-16(20)14(9-15(10)19)17(18)13-8-12(13)11-5-3-2-4-6-11/h2-7,9,12-13,17H,8H2,1H3. The minimum atomic E-state index is -0.345. The van der Waals surface area contributed by atoms with E-state index in [1.807, 2.05) is 18.2 Å². The summed E-state index contributed by atoms with van der Waals surface area (Å²) >= 11 is 3.55. The van der Waals surface area contributed by atoms with Crippen LogP contribution in [0, 0.1) is 24.5 Å². The van der Waals surface area contributed by atoms with Crippen molar-refractivity contribution in [2.45, 2.75) is 24.1 Å². The zero-order chi connectivity index (χ0) is 14.3. The van der Waals surface area contributed by atoms with E-state index in [1.54, 1.807) is 6.92 Å². The number of hydrogen-bond donors (Lipinski definition) is 0. The van der Waals surface area contributed by atoms with Crippen LogP contribution in [0.4, 0.5) is 8.78 Å². The fourth-order valence-electron chi connectivity index (χ4n) is 2.73. The lowest BCUT2D eigenvalue weighted by atomic mass is 10.0. The lowest BCUT2D eigenvalue weighted by Gasteiger charge is -2.12. The van der Waals surface area contributed by atoms with Crippen LogP contribution in [-0.4, -0.2) is 0 Å². The summed E-state index contributed by atoms with van der Waals surface area (Å²) in [5.41, 5.74) is 2.05. The molecule has 3 unspecified atom stereocenters. The molecule has 2 aromatic rings. The van der Waals surface area contributed by atoms with Crippen LogP contribution in [0.3, 0.4) is 0 Å². The van der Waals surface area contributed by atoms with Crippen LogP contribution in [0.1, 0.15) is 33.9 Å². The molecule has 3 rings (SSSR count). The van der Waals surface area contributed by atoms with Gasteiger partial charge in [-0.05, 0) is 48.4 Å². The number of hydrogen-bond acceptors (Lipinski definition) is 0. The van der Waals surface area contributed by atoms with E-state index in [0.717, 1.165) is 6.42 Å². The molecular weight excluding hydrogens is 322 g/mol. The predicted molar refractivity (Wildman–Crippen MR) is 80.1 cm³/mol. The summed E-state index contributed by atoms with van der Waals surface area (Å²) in [6.07, 6.45) is 1.01. The van der Waals surface area contributed by atoms with Crippen molar-refractivity contribution in [3.63, 3.8) is 0 Å². The first-order chi connectivity index (χ1) is 9.58. The second-order valence-corrected chi connectivity index (χ2v) is 6.43. The van der Waals surface area contributed by atoms with Crippen LogP contribution in [0.15, 0.2) is 42.5 Å². The molecule has 20 heavy (non-hydrogen) atoms. The van der Waals surface area contributed by atoms with Gasteiger partial charge in [0.05, 0.1) is 0 Å². The van der Waals surface area contributed by atoms with Crippen LogP contribution in [0.2, 0.25) is 0 Å². The first-order valence-electron chi connectivity index (χ1n) is 6.72. The van der Waals surface area contributed by atoms with Crippen molar-refractivity contribution in [2.75, 3.05) is 0 Å². The fourth-order valence-corrected chi connectivity index (χ4v) is 3.66. The van der Waals surface area contributed by atoms with E-state index >= 15 is 0 Å². The van der Waals surface area contributed by atoms with Gasteiger partial charge in [0.1, 0.15) is 11.6 Å². The van der Waals surface area contributed by atoms with Gasteiger partial charge in [-0.1, -0.05) is 46.3 Å². The molecule has 0 bridgehead atoms. The minimum absolute atomic E-state index is 0.136. The Balaban J connectivity index is 1.82. The van der Waals surface area contributed by atoms with Crippen molar-refractivity contribution in [3.8, 4) is 0 Å². The smallest absolute Gasteiger partial charge is 0.128 e. The van der Waals surface area contributed by atoms with Gasteiger partial charge in [0, 0.05) is 10.4 Å². The SMILES string of the molecule is Cc1cc(F)c(C(Br)C2CC2c2ccccc2)cc1F. The third-order valence-corrected chi connectivity index (χ3v) is 5.19. The lowest BCUT2D eigenvalue weighted by Crippen LogP contribution is -2.00. The number of alkyl halides is 1. The van der Waals surface area contributed by atoms with Gasteiger partial charge in [0.25, 0.3) is 0 Å². The maximum atomic E-state index is 14.0. The van der Waals surface area contributed by atoms with Crippen molar-refractivity contribution >= 4 is 15.9 Å². The van der Waals surface area contributed by atoms with Crippen LogP contribution in [0.25, 0.3) is 0 Å². The van der Waals surface area contributed by atoms with Crippen molar-refractivity contribution in [1.29, 1.82) is 0 Å². The highest BCUT2D eigenvalue weighted by Crippen LogP contribution is 2.57. The summed E-state index contributed by atoms with van der Waals surface area (Å²) in [5, 5.41) is 0. The van der Waals surface area contributed by atoms with E-state index in [-0.39, 0.29) is 16.5 Å². The van der Waals surface area contributed by atoms with E-state index in [2.05, 4.69) is 28.1 Å². The molecule has 0 N–H and O–H groups in total. The lowest BCUT2D eigenvalue weighted by molar-refractivity contribution is 0.571. The maximum Gasteiger partial charge on any atom is 0.128 e. The van der Waals surface area contributed by atoms with Gasteiger partial charge < -0.3 is 0 Å². The molecular formula is C17H15BrF2. The minimum Gasteiger partial charge on any atom is -0.207 e. The van der Waals surface area contributed by atoms with Crippen LogP contribution in [0.5, 0.6) is 0 Å². The fraction of sp³-hybridized carbons (Fsp3) is 0.294. The quantitative estimate of drug-likeness (QED) is 0.648. The molecule has 1 saturated carbocycles. The average molecular weight is 337 g/mol. The molecule has 1 aliphatic rings. The van der Waals surface area contributed by atoms with Crippen molar-refractivity contribution < 1.29 is 8.78 Å². The summed E-state index contributed by atoms with van der Waals surface area (Å²) in [5.74, 6) is 0.0885. The molecule has 0 nitrogen and oxygen atoms in total. The Labute approximate surface area is 126 Å². The van der Waals surface area contributed by atoms with Gasteiger partial charge in [-0.2, -0.15) is 0 Å². The summed E-state index contributed by atoms with van der Waals surface area (Å²) < 4.78 is 27.6. The molecule has 0 spiro atoms. The average Bonchev–Trinajstić information content (AvgIpc) is 3.23. The summed E-state index contributed by atoms with van der Waals surface area (Å²) in [6, 6.07) is 12.8. The van der Waals surface area contributed by atoms with Crippen LogP contribution < -0.4 is 0 Å². The molecule has 1 fully saturated rings. The summed E-state index contributed by atoms with van der Waals surface area (Å²) in [7, 11) is 0. The van der Waals surface area contributed by atoms with Gasteiger partial charge in [-0.25, -0.2) is 8.78 Å². The Kier molecular flexibility index (Phi) is 3.63. The highest BCUT2D eigenvalue weighted by molar-refractivity contribution is 9.09. The van der Waals surface area contributed by atoms with Gasteiger partial charge in [0.2, 0.25) is 0 Å². The molecule has 0 radical (unpaired) electrons. The molecule has 0 aliphatic heterocycles. The van der Waals surface area contributed by atoms with E-state index in [0.29, 0.717) is 23.0 Å². The van der Waals surface area contributed by atoms with E-state index in [4.69, 9.17) is 0 Å². The van der Waals surface area contributed by atoms with Crippen molar-refractivity contribution in [1.82, 2.24) is 0 Å². The molecule has 2 aromatic carbocycles. The molecule has 0 heterocycles. The third-order valence-electron chi connectivity index (χ3n) is 4.02. The second kappa shape index (κ2) is 5.28. The first kappa shape index (κ1) is 13.7. The van der Waals surface area contributed by atoms with Gasteiger partial charge >= 0.3 is 0 Å². The highest BCUT2D eigenvalue weighted by atomic mass is 79.9. The third kappa shape index (κ3) is 2.51. The monoisotopic (exact) mass is 336 g/mol. The highest BCUT2D eigenvalue weighted by Gasteiger charge is 2.44. The normalized spacial score (nSPS) is 22.6.